The number of fused-ring (bicyclic) bond motifs is 9. The minimum absolute atomic E-state index is 0.0540. The van der Waals surface area contributed by atoms with Gasteiger partial charge in [0.25, 0.3) is 0 Å². The Kier molecular flexibility index (Phi) is 5.75. The number of ketones is 1. The average Bonchev–Trinajstić information content (AvgIpc) is 3.23. The molecule has 0 spiro atoms. The van der Waals surface area contributed by atoms with Crippen molar-refractivity contribution in [2.45, 2.75) is 48.5 Å². The highest BCUT2D eigenvalue weighted by Gasteiger charge is 2.37. The first kappa shape index (κ1) is 34.3. The molecule has 0 unspecified atom stereocenters. The van der Waals surface area contributed by atoms with Crippen LogP contribution in [0, 0.1) is 34.6 Å². The van der Waals surface area contributed by atoms with Crippen molar-refractivity contribution < 1.29 is 19.8 Å². The molecule has 13 rings (SSSR count). The van der Waals surface area contributed by atoms with E-state index in [4.69, 9.17) is 0 Å². The summed E-state index contributed by atoms with van der Waals surface area (Å²) in [5.41, 5.74) is 4.89. The highest BCUT2D eigenvalue weighted by atomic mass is 16.4. The molecule has 0 fully saturated rings. The summed E-state index contributed by atoms with van der Waals surface area (Å²) in [6, 6.07) is 10.8. The largest absolute Gasteiger partial charge is 0.507 e. The number of hydrogen-bond donors (Lipinski definition) is 2. The number of allylic oxidation sites excluding steroid dienone is 2. The molecule has 8 nitrogen and oxygen atoms in total. The number of benzene rings is 12. The van der Waals surface area contributed by atoms with Crippen LogP contribution in [-0.2, 0) is 0 Å². The molecule has 8 heteroatoms. The van der Waals surface area contributed by atoms with Crippen LogP contribution in [-0.4, -0.2) is 22.0 Å². The number of aryl methyl sites for hydroxylation is 4. The van der Waals surface area contributed by atoms with E-state index in [2.05, 4.69) is 40.7 Å². The molecule has 12 aromatic rings. The number of carbonyl (C=O) groups is 2. The molecule has 12 aromatic carbocycles. The molecule has 0 aliphatic heterocycles. The Labute approximate surface area is 342 Å². The van der Waals surface area contributed by atoms with Crippen LogP contribution in [0.2, 0.25) is 0 Å². The van der Waals surface area contributed by atoms with Crippen molar-refractivity contribution in [3.8, 4) is 5.75 Å². The van der Waals surface area contributed by atoms with Gasteiger partial charge in [0.2, 0.25) is 10.9 Å². The number of phenols is 1. The van der Waals surface area contributed by atoms with E-state index in [-0.39, 0.29) is 43.5 Å². The summed E-state index contributed by atoms with van der Waals surface area (Å²) < 4.78 is 0. The summed E-state index contributed by atoms with van der Waals surface area (Å²) >= 11 is 0. The average molecular weight is 795 g/mol. The first-order valence-corrected chi connectivity index (χ1v) is 20.2. The Balaban J connectivity index is 1.56. The van der Waals surface area contributed by atoms with E-state index >= 15 is 9.59 Å². The van der Waals surface area contributed by atoms with Gasteiger partial charge < -0.3 is 10.2 Å². The third kappa shape index (κ3) is 3.42. The van der Waals surface area contributed by atoms with E-state index in [1.807, 2.05) is 6.92 Å². The van der Waals surface area contributed by atoms with Gasteiger partial charge in [-0.3, -0.25) is 24.0 Å². The second-order valence-electron chi connectivity index (χ2n) is 17.6. The van der Waals surface area contributed by atoms with Gasteiger partial charge >= 0.3 is 5.97 Å². The number of Topliss-reactive ketones (excluding diaryl/α,β-unsaturated/α-hetero) is 1. The molecule has 0 saturated heterocycles. The molecule has 1 aliphatic carbocycles. The molecule has 2 N–H and O–H groups in total. The lowest BCUT2D eigenvalue weighted by molar-refractivity contribution is 0.0695. The standard InChI is InChI=1S/C53H30O8/c1-15-10-26-33(17(3)16(15)2)34-18(4)19(5)36-35-20(6)21(7)50(57)29-13-27-38-28(14-32(56)39(27)53(60)61)42-48-47-41(51(58)52(42)59)25-12-23-22(30(54)8-9-31(23)55)11-24(25)37(26)46(47)43(34)44(36)49(48)45(38)40(29)35/h8-14,56H,1-7H3,(H,60,61). The molecule has 61 heavy (non-hydrogen) atoms. The molecular formula is C53H30O8. The lowest BCUT2D eigenvalue weighted by Crippen LogP contribution is -2.25. The summed E-state index contributed by atoms with van der Waals surface area (Å²) in [4.78, 5) is 85.1. The van der Waals surface area contributed by atoms with E-state index in [0.29, 0.717) is 54.2 Å². The molecule has 0 heterocycles. The lowest BCUT2D eigenvalue weighted by Gasteiger charge is -2.31. The van der Waals surface area contributed by atoms with Gasteiger partial charge in [-0.15, -0.1) is 0 Å². The van der Waals surface area contributed by atoms with Crippen molar-refractivity contribution in [2.24, 2.45) is 0 Å². The number of rotatable bonds is 1. The Morgan fingerprint density at radius 2 is 0.902 bits per heavy atom. The van der Waals surface area contributed by atoms with Gasteiger partial charge in [-0.25, -0.2) is 4.79 Å². The van der Waals surface area contributed by atoms with Gasteiger partial charge in [0.1, 0.15) is 11.3 Å². The Morgan fingerprint density at radius 3 is 1.54 bits per heavy atom. The fourth-order valence-electron chi connectivity index (χ4n) is 12.1. The topological polar surface area (TPSA) is 143 Å². The van der Waals surface area contributed by atoms with Crippen LogP contribution < -0.4 is 21.7 Å². The molecule has 0 radical (unpaired) electrons. The predicted molar refractivity (Wildman–Crippen MR) is 246 cm³/mol. The number of carbonyl (C=O) groups excluding carboxylic acids is 1. The fraction of sp³-hybridized carbons (Fsp3) is 0.132. The highest BCUT2D eigenvalue weighted by molar-refractivity contribution is 6.57. The molecule has 0 saturated carbocycles. The van der Waals surface area contributed by atoms with Gasteiger partial charge in [-0.1, -0.05) is 6.07 Å². The van der Waals surface area contributed by atoms with Crippen LogP contribution in [0.1, 0.15) is 67.9 Å². The minimum Gasteiger partial charge on any atom is -0.507 e. The number of aromatic carboxylic acids is 1. The van der Waals surface area contributed by atoms with Gasteiger partial charge in [0.05, 0.1) is 0 Å². The summed E-state index contributed by atoms with van der Waals surface area (Å²) in [6.45, 7) is 14.2. The van der Waals surface area contributed by atoms with E-state index in [1.54, 1.807) is 25.1 Å². The summed E-state index contributed by atoms with van der Waals surface area (Å²) in [5.74, 6) is -2.26. The maximum atomic E-state index is 15.2. The Bertz CT molecular complexity index is 4540. The molecule has 1 aliphatic rings. The van der Waals surface area contributed by atoms with Crippen molar-refractivity contribution in [1.82, 2.24) is 0 Å². The van der Waals surface area contributed by atoms with Crippen LogP contribution in [0.3, 0.4) is 0 Å². The second kappa shape index (κ2) is 10.2. The first-order valence-electron chi connectivity index (χ1n) is 20.2. The van der Waals surface area contributed by atoms with E-state index in [9.17, 15) is 29.4 Å². The Hall–Kier alpha value is -7.58. The Morgan fingerprint density at radius 1 is 0.426 bits per heavy atom. The smallest absolute Gasteiger partial charge is 0.340 e. The maximum Gasteiger partial charge on any atom is 0.340 e. The van der Waals surface area contributed by atoms with Gasteiger partial charge in [0, 0.05) is 70.4 Å². The van der Waals surface area contributed by atoms with E-state index in [0.717, 1.165) is 82.0 Å². The summed E-state index contributed by atoms with van der Waals surface area (Å²) in [7, 11) is 0. The van der Waals surface area contributed by atoms with E-state index < -0.39 is 33.6 Å². The molecule has 0 bridgehead atoms. The summed E-state index contributed by atoms with van der Waals surface area (Å²) in [5, 5.41) is 34.3. The SMILES string of the molecule is CC1=C(C)c2c3c(cc4c(C(=O)O)c(O)cc5c6c(=O)c(=O)c7c8cc9c(=O)ccc(=O)c9cc8c8c9cc(C)c(C)c(C)c9c9c(C)c(C)c2c2c9c8c7c6c2c3c45)C1=O. The van der Waals surface area contributed by atoms with Gasteiger partial charge in [-0.05, 0) is 183 Å². The lowest BCUT2D eigenvalue weighted by atomic mass is 9.70. The van der Waals surface area contributed by atoms with Crippen LogP contribution in [0.4, 0.5) is 0 Å². The van der Waals surface area contributed by atoms with Crippen molar-refractivity contribution in [3.63, 3.8) is 0 Å². The van der Waals surface area contributed by atoms with E-state index in [1.165, 1.54) is 18.2 Å². The van der Waals surface area contributed by atoms with Gasteiger partial charge in [-0.2, -0.15) is 0 Å². The van der Waals surface area contributed by atoms with Crippen molar-refractivity contribution in [1.29, 1.82) is 0 Å². The third-order valence-corrected chi connectivity index (χ3v) is 15.2. The van der Waals surface area contributed by atoms with Crippen molar-refractivity contribution in [3.05, 3.63) is 133 Å². The quantitative estimate of drug-likeness (QED) is 0.0950. The first-order chi connectivity index (χ1) is 29.1. The summed E-state index contributed by atoms with van der Waals surface area (Å²) in [6.07, 6.45) is 0. The van der Waals surface area contributed by atoms with Crippen molar-refractivity contribution >= 4 is 136 Å². The molecule has 290 valence electrons. The molecule has 0 amide bonds. The zero-order valence-corrected chi connectivity index (χ0v) is 33.9. The number of hydrogen-bond acceptors (Lipinski definition) is 7. The molecule has 0 aromatic heterocycles. The molecular weight excluding hydrogens is 765 g/mol. The third-order valence-electron chi connectivity index (χ3n) is 15.2. The van der Waals surface area contributed by atoms with Crippen LogP contribution in [0.15, 0.2) is 67.2 Å². The van der Waals surface area contributed by atoms with Crippen LogP contribution >= 0.6 is 0 Å². The van der Waals surface area contributed by atoms with Crippen molar-refractivity contribution in [2.75, 3.05) is 0 Å². The van der Waals surface area contributed by atoms with Crippen LogP contribution in [0.5, 0.6) is 5.75 Å². The van der Waals surface area contributed by atoms with Gasteiger partial charge in [0.15, 0.2) is 16.6 Å². The monoisotopic (exact) mass is 794 g/mol. The number of carboxylic acids is 1. The number of aromatic hydroxyl groups is 1. The number of carboxylic acid groups (broad SMARTS) is 1. The predicted octanol–water partition coefficient (Wildman–Crippen LogP) is 10.4. The minimum atomic E-state index is -1.40. The zero-order chi connectivity index (χ0) is 42.5. The molecule has 0 atom stereocenters. The maximum absolute atomic E-state index is 15.2. The highest BCUT2D eigenvalue weighted by Crippen LogP contribution is 2.60. The zero-order valence-electron chi connectivity index (χ0n) is 33.9. The normalized spacial score (nSPS) is 13.9. The van der Waals surface area contributed by atoms with Crippen LogP contribution in [0.25, 0.3) is 124 Å². The second-order valence-corrected chi connectivity index (χ2v) is 17.6. The fourth-order valence-corrected chi connectivity index (χ4v) is 12.1.